The van der Waals surface area contributed by atoms with Crippen LogP contribution in [0, 0.1) is 0 Å². The molecular weight excluding hydrogens is 240 g/mol. The van der Waals surface area contributed by atoms with Crippen molar-refractivity contribution in [3.63, 3.8) is 0 Å². The van der Waals surface area contributed by atoms with E-state index in [1.54, 1.807) is 6.07 Å². The Kier molecular flexibility index (Phi) is 4.52. The van der Waals surface area contributed by atoms with Crippen LogP contribution in [0.4, 0.5) is 0 Å². The number of hydrogen-bond acceptors (Lipinski definition) is 1. The lowest BCUT2D eigenvalue weighted by Gasteiger charge is -2.22. The third kappa shape index (κ3) is 2.77. The average Bonchev–Trinajstić information content (AvgIpc) is 2.11. The molecule has 1 atom stereocenters. The molecule has 0 aromatic heterocycles. The van der Waals surface area contributed by atoms with Gasteiger partial charge in [0, 0.05) is 11.9 Å². The van der Waals surface area contributed by atoms with E-state index in [-0.39, 0.29) is 6.04 Å². The first-order chi connectivity index (χ1) is 6.56. The average molecular weight is 253 g/mol. The van der Waals surface area contributed by atoms with Crippen LogP contribution in [0.15, 0.2) is 18.2 Å². The minimum atomic E-state index is 0.173. The van der Waals surface area contributed by atoms with E-state index in [4.69, 9.17) is 34.8 Å². The normalized spacial score (nSPS) is 13.3. The van der Waals surface area contributed by atoms with Gasteiger partial charge < -0.3 is 4.90 Å². The SMILES string of the molecule is CN(C)C(CCl)c1ccc(Cl)c(Cl)c1. The fourth-order valence-corrected chi connectivity index (χ4v) is 2.01. The summed E-state index contributed by atoms with van der Waals surface area (Å²) in [6.07, 6.45) is 0. The van der Waals surface area contributed by atoms with E-state index in [1.807, 2.05) is 31.1 Å². The van der Waals surface area contributed by atoms with Crippen molar-refractivity contribution in [2.75, 3.05) is 20.0 Å². The molecule has 0 spiro atoms. The molecule has 1 nitrogen and oxygen atoms in total. The number of benzene rings is 1. The molecule has 78 valence electrons. The number of nitrogens with zero attached hydrogens (tertiary/aromatic N) is 1. The van der Waals surface area contributed by atoms with Gasteiger partial charge in [0.2, 0.25) is 0 Å². The molecule has 1 rings (SSSR count). The molecule has 0 aliphatic heterocycles. The quantitative estimate of drug-likeness (QED) is 0.739. The van der Waals surface area contributed by atoms with Crippen molar-refractivity contribution < 1.29 is 0 Å². The lowest BCUT2D eigenvalue weighted by atomic mass is 10.1. The van der Waals surface area contributed by atoms with Gasteiger partial charge in [-0.1, -0.05) is 29.3 Å². The summed E-state index contributed by atoms with van der Waals surface area (Å²) in [4.78, 5) is 2.05. The maximum Gasteiger partial charge on any atom is 0.0595 e. The highest BCUT2D eigenvalue weighted by atomic mass is 35.5. The van der Waals surface area contributed by atoms with Crippen LogP contribution in [-0.4, -0.2) is 24.9 Å². The third-order valence-corrected chi connectivity index (χ3v) is 3.13. The molecule has 0 aliphatic carbocycles. The van der Waals surface area contributed by atoms with E-state index in [0.29, 0.717) is 15.9 Å². The van der Waals surface area contributed by atoms with Crippen LogP contribution >= 0.6 is 34.8 Å². The molecule has 1 aromatic carbocycles. The van der Waals surface area contributed by atoms with Crippen molar-refractivity contribution in [2.45, 2.75) is 6.04 Å². The van der Waals surface area contributed by atoms with E-state index < -0.39 is 0 Å². The maximum atomic E-state index is 5.93. The first kappa shape index (κ1) is 12.1. The maximum absolute atomic E-state index is 5.93. The van der Waals surface area contributed by atoms with Crippen LogP contribution < -0.4 is 0 Å². The molecule has 0 saturated heterocycles. The van der Waals surface area contributed by atoms with Gasteiger partial charge in [-0.3, -0.25) is 0 Å². The number of halogens is 3. The van der Waals surface area contributed by atoms with Gasteiger partial charge in [0.05, 0.1) is 10.0 Å². The van der Waals surface area contributed by atoms with Gasteiger partial charge in [0.15, 0.2) is 0 Å². The highest BCUT2D eigenvalue weighted by Crippen LogP contribution is 2.27. The smallest absolute Gasteiger partial charge is 0.0595 e. The fraction of sp³-hybridized carbons (Fsp3) is 0.400. The second kappa shape index (κ2) is 5.22. The Morgan fingerprint density at radius 2 is 1.86 bits per heavy atom. The Bertz CT molecular complexity index is 312. The van der Waals surface area contributed by atoms with E-state index in [0.717, 1.165) is 5.56 Å². The van der Waals surface area contributed by atoms with E-state index >= 15 is 0 Å². The van der Waals surface area contributed by atoms with Gasteiger partial charge in [-0.15, -0.1) is 11.6 Å². The molecule has 0 fully saturated rings. The molecule has 0 radical (unpaired) electrons. The minimum absolute atomic E-state index is 0.173. The van der Waals surface area contributed by atoms with Crippen LogP contribution in [0.1, 0.15) is 11.6 Å². The van der Waals surface area contributed by atoms with Gasteiger partial charge in [0.1, 0.15) is 0 Å². The molecule has 0 heterocycles. The zero-order chi connectivity index (χ0) is 10.7. The predicted octanol–water partition coefficient (Wildman–Crippen LogP) is 3.83. The molecule has 0 aliphatic rings. The van der Waals surface area contributed by atoms with Crippen molar-refractivity contribution in [3.8, 4) is 0 Å². The summed E-state index contributed by atoms with van der Waals surface area (Å²) in [6.45, 7) is 0. The Balaban J connectivity index is 3.00. The molecule has 4 heteroatoms. The van der Waals surface area contributed by atoms with Crippen LogP contribution in [0.3, 0.4) is 0 Å². The zero-order valence-corrected chi connectivity index (χ0v) is 10.4. The van der Waals surface area contributed by atoms with E-state index in [2.05, 4.69) is 0 Å². The predicted molar refractivity (Wildman–Crippen MR) is 63.6 cm³/mol. The molecular formula is C10H12Cl3N. The highest BCUT2D eigenvalue weighted by molar-refractivity contribution is 6.42. The Hall–Kier alpha value is 0.0500. The molecule has 0 bridgehead atoms. The molecule has 0 N–H and O–H groups in total. The van der Waals surface area contributed by atoms with E-state index in [1.165, 1.54) is 0 Å². The number of hydrogen-bond donors (Lipinski definition) is 0. The lowest BCUT2D eigenvalue weighted by Crippen LogP contribution is -2.21. The second-order valence-electron chi connectivity index (χ2n) is 3.31. The van der Waals surface area contributed by atoms with Crippen molar-refractivity contribution >= 4 is 34.8 Å². The van der Waals surface area contributed by atoms with Gasteiger partial charge in [-0.25, -0.2) is 0 Å². The summed E-state index contributed by atoms with van der Waals surface area (Å²) in [5.41, 5.74) is 1.08. The van der Waals surface area contributed by atoms with Crippen LogP contribution in [-0.2, 0) is 0 Å². The summed E-state index contributed by atoms with van der Waals surface area (Å²) < 4.78 is 0. The largest absolute Gasteiger partial charge is 0.301 e. The summed E-state index contributed by atoms with van der Waals surface area (Å²) in [5.74, 6) is 0.533. The molecule has 14 heavy (non-hydrogen) atoms. The molecule has 0 amide bonds. The van der Waals surface area contributed by atoms with Gasteiger partial charge >= 0.3 is 0 Å². The van der Waals surface area contributed by atoms with Crippen molar-refractivity contribution in [1.82, 2.24) is 4.90 Å². The lowest BCUT2D eigenvalue weighted by molar-refractivity contribution is 0.324. The summed E-state index contributed by atoms with van der Waals surface area (Å²) in [7, 11) is 3.96. The summed E-state index contributed by atoms with van der Waals surface area (Å²) in [6, 6.07) is 5.77. The highest BCUT2D eigenvalue weighted by Gasteiger charge is 2.13. The van der Waals surface area contributed by atoms with Gasteiger partial charge in [0.25, 0.3) is 0 Å². The molecule has 1 unspecified atom stereocenters. The van der Waals surface area contributed by atoms with Crippen molar-refractivity contribution in [1.29, 1.82) is 0 Å². The van der Waals surface area contributed by atoms with Crippen molar-refractivity contribution in [3.05, 3.63) is 33.8 Å². The summed E-state index contributed by atoms with van der Waals surface area (Å²) in [5, 5.41) is 1.14. The van der Waals surface area contributed by atoms with Gasteiger partial charge in [-0.2, -0.15) is 0 Å². The fourth-order valence-electron chi connectivity index (χ4n) is 1.24. The Labute approximate surface area is 99.6 Å². The Morgan fingerprint density at radius 3 is 2.29 bits per heavy atom. The minimum Gasteiger partial charge on any atom is -0.301 e. The van der Waals surface area contributed by atoms with Gasteiger partial charge in [-0.05, 0) is 31.8 Å². The summed E-state index contributed by atoms with van der Waals surface area (Å²) >= 11 is 17.6. The van der Waals surface area contributed by atoms with E-state index in [9.17, 15) is 0 Å². The standard InChI is InChI=1S/C10H12Cl3N/c1-14(2)10(6-11)7-3-4-8(12)9(13)5-7/h3-5,10H,6H2,1-2H3. The number of rotatable bonds is 3. The topological polar surface area (TPSA) is 3.24 Å². The Morgan fingerprint density at radius 1 is 1.21 bits per heavy atom. The van der Waals surface area contributed by atoms with Crippen LogP contribution in [0.2, 0.25) is 10.0 Å². The number of alkyl halides is 1. The van der Waals surface area contributed by atoms with Crippen LogP contribution in [0.25, 0.3) is 0 Å². The zero-order valence-electron chi connectivity index (χ0n) is 8.10. The first-order valence-electron chi connectivity index (χ1n) is 4.23. The first-order valence-corrected chi connectivity index (χ1v) is 5.52. The monoisotopic (exact) mass is 251 g/mol. The van der Waals surface area contributed by atoms with Crippen LogP contribution in [0.5, 0.6) is 0 Å². The second-order valence-corrected chi connectivity index (χ2v) is 4.43. The molecule has 0 saturated carbocycles. The molecule has 1 aromatic rings. The van der Waals surface area contributed by atoms with Crippen molar-refractivity contribution in [2.24, 2.45) is 0 Å². The third-order valence-electron chi connectivity index (χ3n) is 2.10.